The third kappa shape index (κ3) is 2.66. The smallest absolute Gasteiger partial charge is 0.359 e. The molecule has 6 nitrogen and oxygen atoms in total. The largest absolute Gasteiger partial charge is 0.494 e. The van der Waals surface area contributed by atoms with Crippen molar-refractivity contribution in [2.24, 2.45) is 0 Å². The molecule has 3 heterocycles. The fourth-order valence-corrected chi connectivity index (χ4v) is 3.04. The van der Waals surface area contributed by atoms with Crippen LogP contribution in [0.1, 0.15) is 35.6 Å². The summed E-state index contributed by atoms with van der Waals surface area (Å²) < 4.78 is 12.2. The number of rotatable bonds is 4. The Hall–Kier alpha value is -2.08. The Kier molecular flexibility index (Phi) is 4.29. The van der Waals surface area contributed by atoms with Crippen molar-refractivity contribution in [3.8, 4) is 5.75 Å². The SMILES string of the molecule is COC(=O)c1nc(CC2CCCCN2)n2cccc(OC)c12. The fraction of sp³-hybridized carbons (Fsp3) is 0.500. The van der Waals surface area contributed by atoms with Gasteiger partial charge in [-0.3, -0.25) is 4.40 Å². The second-order valence-electron chi connectivity index (χ2n) is 5.51. The van der Waals surface area contributed by atoms with Crippen LogP contribution < -0.4 is 10.1 Å². The Morgan fingerprint density at radius 2 is 2.32 bits per heavy atom. The van der Waals surface area contributed by atoms with Crippen LogP contribution in [0.15, 0.2) is 18.3 Å². The van der Waals surface area contributed by atoms with Crippen molar-refractivity contribution in [2.75, 3.05) is 20.8 Å². The number of pyridine rings is 1. The Morgan fingerprint density at radius 3 is 3.00 bits per heavy atom. The van der Waals surface area contributed by atoms with Crippen LogP contribution in [0.5, 0.6) is 5.75 Å². The summed E-state index contributed by atoms with van der Waals surface area (Å²) in [6, 6.07) is 4.12. The molecule has 0 spiro atoms. The van der Waals surface area contributed by atoms with Gasteiger partial charge in [-0.05, 0) is 31.5 Å². The molecule has 0 amide bonds. The maximum Gasteiger partial charge on any atom is 0.359 e. The second kappa shape index (κ2) is 6.36. The summed E-state index contributed by atoms with van der Waals surface area (Å²) in [6.07, 6.45) is 6.28. The van der Waals surface area contributed by atoms with Crippen molar-refractivity contribution < 1.29 is 14.3 Å². The van der Waals surface area contributed by atoms with Gasteiger partial charge in [-0.2, -0.15) is 0 Å². The van der Waals surface area contributed by atoms with Gasteiger partial charge in [0.2, 0.25) is 0 Å². The predicted octanol–water partition coefficient (Wildman–Crippen LogP) is 1.81. The first-order valence-electron chi connectivity index (χ1n) is 7.60. The van der Waals surface area contributed by atoms with E-state index in [9.17, 15) is 4.79 Å². The van der Waals surface area contributed by atoms with Crippen LogP contribution in [0.4, 0.5) is 0 Å². The van der Waals surface area contributed by atoms with E-state index in [4.69, 9.17) is 9.47 Å². The standard InChI is InChI=1S/C16H21N3O3/c1-21-12-7-5-9-19-13(10-11-6-3-4-8-17-11)18-14(15(12)19)16(20)22-2/h5,7,9,11,17H,3-4,6,8,10H2,1-2H3. The highest BCUT2D eigenvalue weighted by Gasteiger charge is 2.23. The van der Waals surface area contributed by atoms with E-state index in [1.165, 1.54) is 20.0 Å². The zero-order valence-electron chi connectivity index (χ0n) is 13.0. The number of imidazole rings is 1. The maximum atomic E-state index is 12.0. The Labute approximate surface area is 129 Å². The minimum atomic E-state index is -0.440. The van der Waals surface area contributed by atoms with Crippen LogP contribution in [-0.4, -0.2) is 42.2 Å². The van der Waals surface area contributed by atoms with Crippen LogP contribution in [0, 0.1) is 0 Å². The van der Waals surface area contributed by atoms with Gasteiger partial charge >= 0.3 is 5.97 Å². The number of ether oxygens (including phenoxy) is 2. The number of nitrogens with one attached hydrogen (secondary N) is 1. The average Bonchev–Trinajstić information content (AvgIpc) is 2.94. The molecular weight excluding hydrogens is 282 g/mol. The van der Waals surface area contributed by atoms with Gasteiger partial charge in [0.1, 0.15) is 17.1 Å². The number of fused-ring (bicyclic) bond motifs is 1. The van der Waals surface area contributed by atoms with Crippen LogP contribution in [0.3, 0.4) is 0 Å². The van der Waals surface area contributed by atoms with Gasteiger partial charge < -0.3 is 14.8 Å². The van der Waals surface area contributed by atoms with E-state index in [0.29, 0.717) is 23.0 Å². The Balaban J connectivity index is 2.04. The average molecular weight is 303 g/mol. The number of carbonyl (C=O) groups excluding carboxylic acids is 1. The summed E-state index contributed by atoms with van der Waals surface area (Å²) in [6.45, 7) is 1.04. The number of piperidine rings is 1. The topological polar surface area (TPSA) is 64.9 Å². The van der Waals surface area contributed by atoms with Crippen LogP contribution in [0.2, 0.25) is 0 Å². The number of methoxy groups -OCH3 is 2. The van der Waals surface area contributed by atoms with E-state index in [1.54, 1.807) is 7.11 Å². The molecule has 0 saturated carbocycles. The molecule has 1 aliphatic rings. The lowest BCUT2D eigenvalue weighted by Crippen LogP contribution is -2.36. The molecule has 0 aliphatic carbocycles. The molecule has 2 aromatic rings. The second-order valence-corrected chi connectivity index (χ2v) is 5.51. The monoisotopic (exact) mass is 303 g/mol. The van der Waals surface area contributed by atoms with Crippen molar-refractivity contribution in [2.45, 2.75) is 31.7 Å². The summed E-state index contributed by atoms with van der Waals surface area (Å²) in [5.41, 5.74) is 0.980. The van der Waals surface area contributed by atoms with Gasteiger partial charge in [0.15, 0.2) is 5.69 Å². The minimum Gasteiger partial charge on any atom is -0.494 e. The third-order valence-electron chi connectivity index (χ3n) is 4.14. The number of hydrogen-bond acceptors (Lipinski definition) is 5. The number of hydrogen-bond donors (Lipinski definition) is 1. The molecule has 0 bridgehead atoms. The molecule has 6 heteroatoms. The molecule has 0 aromatic carbocycles. The van der Waals surface area contributed by atoms with Crippen LogP contribution >= 0.6 is 0 Å². The zero-order valence-corrected chi connectivity index (χ0v) is 13.0. The van der Waals surface area contributed by atoms with E-state index >= 15 is 0 Å². The number of aromatic nitrogens is 2. The van der Waals surface area contributed by atoms with Gasteiger partial charge in [-0.15, -0.1) is 0 Å². The van der Waals surface area contributed by atoms with Gasteiger partial charge in [0, 0.05) is 18.7 Å². The Bertz CT molecular complexity index is 675. The summed E-state index contributed by atoms with van der Waals surface area (Å²) in [5, 5.41) is 3.51. The van der Waals surface area contributed by atoms with Crippen molar-refractivity contribution >= 4 is 11.5 Å². The van der Waals surface area contributed by atoms with E-state index in [-0.39, 0.29) is 0 Å². The molecule has 118 valence electrons. The van der Waals surface area contributed by atoms with Crippen LogP contribution in [-0.2, 0) is 11.2 Å². The van der Waals surface area contributed by atoms with E-state index in [0.717, 1.165) is 25.2 Å². The maximum absolute atomic E-state index is 12.0. The zero-order chi connectivity index (χ0) is 15.5. The number of nitrogens with zero attached hydrogens (tertiary/aromatic N) is 2. The molecular formula is C16H21N3O3. The molecule has 1 unspecified atom stereocenters. The molecule has 0 radical (unpaired) electrons. The lowest BCUT2D eigenvalue weighted by molar-refractivity contribution is 0.0596. The molecule has 2 aromatic heterocycles. The first kappa shape index (κ1) is 14.8. The van der Waals surface area contributed by atoms with Gasteiger partial charge in [0.05, 0.1) is 14.2 Å². The molecule has 1 atom stereocenters. The van der Waals surface area contributed by atoms with Gasteiger partial charge in [-0.25, -0.2) is 9.78 Å². The predicted molar refractivity (Wildman–Crippen MR) is 82.4 cm³/mol. The highest BCUT2D eigenvalue weighted by Crippen LogP contribution is 2.26. The van der Waals surface area contributed by atoms with Crippen molar-refractivity contribution in [1.29, 1.82) is 0 Å². The summed E-state index contributed by atoms with van der Waals surface area (Å²) in [5.74, 6) is 1.04. The molecule has 22 heavy (non-hydrogen) atoms. The summed E-state index contributed by atoms with van der Waals surface area (Å²) >= 11 is 0. The quantitative estimate of drug-likeness (QED) is 0.873. The molecule has 1 aliphatic heterocycles. The van der Waals surface area contributed by atoms with Crippen molar-refractivity contribution in [1.82, 2.24) is 14.7 Å². The number of carbonyl (C=O) groups is 1. The Morgan fingerprint density at radius 1 is 1.45 bits per heavy atom. The highest BCUT2D eigenvalue weighted by molar-refractivity contribution is 5.97. The van der Waals surface area contributed by atoms with Crippen molar-refractivity contribution in [3.63, 3.8) is 0 Å². The summed E-state index contributed by atoms with van der Waals surface area (Å²) in [4.78, 5) is 16.6. The normalized spacial score (nSPS) is 18.4. The molecule has 1 N–H and O–H groups in total. The number of esters is 1. The van der Waals surface area contributed by atoms with E-state index in [2.05, 4.69) is 10.3 Å². The molecule has 1 fully saturated rings. The fourth-order valence-electron chi connectivity index (χ4n) is 3.04. The lowest BCUT2D eigenvalue weighted by Gasteiger charge is -2.22. The highest BCUT2D eigenvalue weighted by atomic mass is 16.5. The van der Waals surface area contributed by atoms with E-state index in [1.807, 2.05) is 22.7 Å². The summed E-state index contributed by atoms with van der Waals surface area (Å²) in [7, 11) is 2.96. The first-order chi connectivity index (χ1) is 10.7. The van der Waals surface area contributed by atoms with Crippen LogP contribution in [0.25, 0.3) is 5.52 Å². The van der Waals surface area contributed by atoms with Crippen molar-refractivity contribution in [3.05, 3.63) is 29.8 Å². The molecule has 3 rings (SSSR count). The van der Waals surface area contributed by atoms with Gasteiger partial charge in [0.25, 0.3) is 0 Å². The van der Waals surface area contributed by atoms with Gasteiger partial charge in [-0.1, -0.05) is 6.42 Å². The molecule has 1 saturated heterocycles. The first-order valence-corrected chi connectivity index (χ1v) is 7.60. The lowest BCUT2D eigenvalue weighted by atomic mass is 10.0. The van der Waals surface area contributed by atoms with E-state index < -0.39 is 5.97 Å². The minimum absolute atomic E-state index is 0.311. The third-order valence-corrected chi connectivity index (χ3v) is 4.14.